The molecule has 0 aliphatic heterocycles. The van der Waals surface area contributed by atoms with Gasteiger partial charge < -0.3 is 15.0 Å². The SMILES string of the molecule is CCC(C(=O)NC)N(Cc1ccccc1Cl)C(=O)Cc1ccc(OC)cc1. The van der Waals surface area contributed by atoms with E-state index in [4.69, 9.17) is 16.3 Å². The van der Waals surface area contributed by atoms with E-state index in [2.05, 4.69) is 5.32 Å². The summed E-state index contributed by atoms with van der Waals surface area (Å²) in [6, 6.07) is 14.1. The van der Waals surface area contributed by atoms with Crippen LogP contribution in [0.1, 0.15) is 24.5 Å². The lowest BCUT2D eigenvalue weighted by Crippen LogP contribution is -2.48. The standard InChI is InChI=1S/C21H25ClN2O3/c1-4-19(21(26)23-2)24(14-16-7-5-6-8-18(16)22)20(25)13-15-9-11-17(27-3)12-10-15/h5-12,19H,4,13-14H2,1-3H3,(H,23,26). The van der Waals surface area contributed by atoms with Crippen LogP contribution < -0.4 is 10.1 Å². The normalized spacial score (nSPS) is 11.6. The first-order valence-electron chi connectivity index (χ1n) is 8.87. The fraction of sp³-hybridized carbons (Fsp3) is 0.333. The maximum atomic E-state index is 13.1. The summed E-state index contributed by atoms with van der Waals surface area (Å²) in [4.78, 5) is 27.0. The molecule has 0 saturated carbocycles. The molecule has 6 heteroatoms. The minimum atomic E-state index is -0.558. The molecular weight excluding hydrogens is 364 g/mol. The number of methoxy groups -OCH3 is 1. The van der Waals surface area contributed by atoms with Gasteiger partial charge in [-0.3, -0.25) is 9.59 Å². The Labute approximate surface area is 165 Å². The van der Waals surface area contributed by atoms with E-state index in [9.17, 15) is 9.59 Å². The summed E-state index contributed by atoms with van der Waals surface area (Å²) >= 11 is 6.28. The van der Waals surface area contributed by atoms with E-state index in [1.165, 1.54) is 0 Å². The van der Waals surface area contributed by atoms with Crippen LogP contribution >= 0.6 is 11.6 Å². The monoisotopic (exact) mass is 388 g/mol. The Bertz CT molecular complexity index is 777. The molecule has 0 heterocycles. The highest BCUT2D eigenvalue weighted by Gasteiger charge is 2.28. The second-order valence-corrected chi connectivity index (χ2v) is 6.58. The number of carbonyl (C=O) groups is 2. The van der Waals surface area contributed by atoms with E-state index in [0.29, 0.717) is 11.4 Å². The Kier molecular flexibility index (Phi) is 7.67. The van der Waals surface area contributed by atoms with Gasteiger partial charge in [-0.1, -0.05) is 48.9 Å². The number of rotatable bonds is 8. The van der Waals surface area contributed by atoms with Crippen molar-refractivity contribution in [3.63, 3.8) is 0 Å². The zero-order chi connectivity index (χ0) is 19.8. The molecule has 27 heavy (non-hydrogen) atoms. The molecular formula is C21H25ClN2O3. The van der Waals surface area contributed by atoms with Crippen LogP contribution in [-0.2, 0) is 22.6 Å². The third-order valence-electron chi connectivity index (χ3n) is 4.45. The molecule has 0 saturated heterocycles. The second kappa shape index (κ2) is 9.97. The van der Waals surface area contributed by atoms with Crippen LogP contribution in [0.5, 0.6) is 5.75 Å². The molecule has 2 amide bonds. The molecule has 5 nitrogen and oxygen atoms in total. The first kappa shape index (κ1) is 20.8. The molecule has 1 N–H and O–H groups in total. The van der Waals surface area contributed by atoms with Crippen molar-refractivity contribution in [2.45, 2.75) is 32.4 Å². The summed E-state index contributed by atoms with van der Waals surface area (Å²) in [5, 5.41) is 3.22. The maximum Gasteiger partial charge on any atom is 0.242 e. The molecule has 0 fully saturated rings. The van der Waals surface area contributed by atoms with E-state index in [1.807, 2.05) is 49.4 Å². The van der Waals surface area contributed by atoms with Gasteiger partial charge in [0.05, 0.1) is 13.5 Å². The van der Waals surface area contributed by atoms with Crippen LogP contribution in [0.15, 0.2) is 48.5 Å². The Morgan fingerprint density at radius 1 is 1.15 bits per heavy atom. The van der Waals surface area contributed by atoms with Crippen molar-refractivity contribution in [1.82, 2.24) is 10.2 Å². The molecule has 144 valence electrons. The second-order valence-electron chi connectivity index (χ2n) is 6.18. The first-order chi connectivity index (χ1) is 13.0. The van der Waals surface area contributed by atoms with Crippen molar-refractivity contribution in [1.29, 1.82) is 0 Å². The van der Waals surface area contributed by atoms with Crippen LogP contribution in [-0.4, -0.2) is 36.9 Å². The maximum absolute atomic E-state index is 13.1. The number of likely N-dealkylation sites (N-methyl/N-ethyl adjacent to an activating group) is 1. The van der Waals surface area contributed by atoms with Crippen LogP contribution in [0.2, 0.25) is 5.02 Å². The van der Waals surface area contributed by atoms with Crippen molar-refractivity contribution in [2.75, 3.05) is 14.2 Å². The highest BCUT2D eigenvalue weighted by Crippen LogP contribution is 2.21. The van der Waals surface area contributed by atoms with Crippen LogP contribution in [0.4, 0.5) is 0 Å². The lowest BCUT2D eigenvalue weighted by molar-refractivity contribution is -0.140. The molecule has 2 aromatic carbocycles. The number of nitrogens with one attached hydrogen (secondary N) is 1. The van der Waals surface area contributed by atoms with Crippen molar-refractivity contribution < 1.29 is 14.3 Å². The van der Waals surface area contributed by atoms with Crippen molar-refractivity contribution in [2.24, 2.45) is 0 Å². The Balaban J connectivity index is 2.27. The summed E-state index contributed by atoms with van der Waals surface area (Å²) in [6.45, 7) is 2.17. The van der Waals surface area contributed by atoms with Crippen LogP contribution in [0.3, 0.4) is 0 Å². The number of carbonyl (C=O) groups excluding carboxylic acids is 2. The third-order valence-corrected chi connectivity index (χ3v) is 4.81. The number of nitrogens with zero attached hydrogens (tertiary/aromatic N) is 1. The molecule has 2 rings (SSSR count). The summed E-state index contributed by atoms with van der Waals surface area (Å²) in [6.07, 6.45) is 0.709. The Hall–Kier alpha value is -2.53. The predicted molar refractivity (Wildman–Crippen MR) is 107 cm³/mol. The average Bonchev–Trinajstić information content (AvgIpc) is 2.69. The third kappa shape index (κ3) is 5.47. The zero-order valence-corrected chi connectivity index (χ0v) is 16.6. The van der Waals surface area contributed by atoms with Crippen LogP contribution in [0.25, 0.3) is 0 Å². The summed E-state index contributed by atoms with van der Waals surface area (Å²) in [5.41, 5.74) is 1.67. The number of amides is 2. The molecule has 0 bridgehead atoms. The summed E-state index contributed by atoms with van der Waals surface area (Å²) in [5.74, 6) is 0.416. The highest BCUT2D eigenvalue weighted by atomic mass is 35.5. The highest BCUT2D eigenvalue weighted by molar-refractivity contribution is 6.31. The minimum Gasteiger partial charge on any atom is -0.497 e. The van der Waals surface area contributed by atoms with Gasteiger partial charge in [-0.05, 0) is 35.7 Å². The Morgan fingerprint density at radius 2 is 1.81 bits per heavy atom. The lowest BCUT2D eigenvalue weighted by Gasteiger charge is -2.30. The predicted octanol–water partition coefficient (Wildman–Crippen LogP) is 3.44. The van der Waals surface area contributed by atoms with Gasteiger partial charge in [0.25, 0.3) is 0 Å². The molecule has 0 spiro atoms. The van der Waals surface area contributed by atoms with Crippen molar-refractivity contribution in [3.8, 4) is 5.75 Å². The minimum absolute atomic E-state index is 0.129. The van der Waals surface area contributed by atoms with E-state index in [1.54, 1.807) is 25.1 Å². The summed E-state index contributed by atoms with van der Waals surface area (Å²) < 4.78 is 5.15. The first-order valence-corrected chi connectivity index (χ1v) is 9.25. The van der Waals surface area contributed by atoms with Crippen molar-refractivity contribution >= 4 is 23.4 Å². The van der Waals surface area contributed by atoms with Gasteiger partial charge in [0.2, 0.25) is 11.8 Å². The van der Waals surface area contributed by atoms with Crippen LogP contribution in [0, 0.1) is 0 Å². The molecule has 2 aromatic rings. The van der Waals surface area contributed by atoms with Gasteiger partial charge in [0.15, 0.2) is 0 Å². The Morgan fingerprint density at radius 3 is 2.37 bits per heavy atom. The quantitative estimate of drug-likeness (QED) is 0.753. The fourth-order valence-corrected chi connectivity index (χ4v) is 3.11. The molecule has 1 unspecified atom stereocenters. The number of halogens is 1. The molecule has 1 atom stereocenters. The van der Waals surface area contributed by atoms with Gasteiger partial charge in [-0.15, -0.1) is 0 Å². The van der Waals surface area contributed by atoms with E-state index < -0.39 is 6.04 Å². The molecule has 0 aliphatic rings. The topological polar surface area (TPSA) is 58.6 Å². The van der Waals surface area contributed by atoms with Gasteiger partial charge in [-0.2, -0.15) is 0 Å². The molecule has 0 radical (unpaired) electrons. The largest absolute Gasteiger partial charge is 0.497 e. The van der Waals surface area contributed by atoms with E-state index >= 15 is 0 Å². The van der Waals surface area contributed by atoms with Gasteiger partial charge >= 0.3 is 0 Å². The van der Waals surface area contributed by atoms with E-state index in [-0.39, 0.29) is 24.8 Å². The van der Waals surface area contributed by atoms with Crippen molar-refractivity contribution in [3.05, 3.63) is 64.7 Å². The number of hydrogen-bond donors (Lipinski definition) is 1. The number of ether oxygens (including phenoxy) is 1. The van der Waals surface area contributed by atoms with Gasteiger partial charge in [0, 0.05) is 18.6 Å². The lowest BCUT2D eigenvalue weighted by atomic mass is 10.1. The van der Waals surface area contributed by atoms with Gasteiger partial charge in [-0.25, -0.2) is 0 Å². The average molecular weight is 389 g/mol. The smallest absolute Gasteiger partial charge is 0.242 e. The summed E-state index contributed by atoms with van der Waals surface area (Å²) in [7, 11) is 3.17. The molecule has 0 aliphatic carbocycles. The van der Waals surface area contributed by atoms with E-state index in [0.717, 1.165) is 16.9 Å². The zero-order valence-electron chi connectivity index (χ0n) is 15.9. The fourth-order valence-electron chi connectivity index (χ4n) is 2.92. The number of hydrogen-bond acceptors (Lipinski definition) is 3. The van der Waals surface area contributed by atoms with Gasteiger partial charge in [0.1, 0.15) is 11.8 Å². The molecule has 0 aromatic heterocycles. The number of benzene rings is 2.